The van der Waals surface area contributed by atoms with Crippen molar-refractivity contribution in [2.24, 2.45) is 5.41 Å². The van der Waals surface area contributed by atoms with Crippen molar-refractivity contribution in [2.75, 3.05) is 19.0 Å². The molecule has 90 valence electrons. The molecule has 0 saturated carbocycles. The number of rotatable bonds is 5. The van der Waals surface area contributed by atoms with E-state index in [2.05, 4.69) is 14.7 Å². The molecular weight excluding hydrogens is 226 g/mol. The molecule has 0 aromatic carbocycles. The van der Waals surface area contributed by atoms with Gasteiger partial charge in [-0.1, -0.05) is 13.8 Å². The quantitative estimate of drug-likeness (QED) is 0.857. The van der Waals surface area contributed by atoms with E-state index in [-0.39, 0.29) is 5.91 Å². The van der Waals surface area contributed by atoms with E-state index >= 15 is 0 Å². The second kappa shape index (κ2) is 5.36. The molecule has 1 heterocycles. The first-order chi connectivity index (χ1) is 7.45. The van der Waals surface area contributed by atoms with E-state index in [0.717, 1.165) is 0 Å². The molecule has 1 N–H and O–H groups in total. The van der Waals surface area contributed by atoms with Gasteiger partial charge in [0.2, 0.25) is 11.0 Å². The molecule has 16 heavy (non-hydrogen) atoms. The van der Waals surface area contributed by atoms with Gasteiger partial charge in [0.05, 0.1) is 0 Å². The van der Waals surface area contributed by atoms with Gasteiger partial charge < -0.3 is 10.1 Å². The van der Waals surface area contributed by atoms with Crippen molar-refractivity contribution in [1.29, 1.82) is 0 Å². The number of carbonyl (C=O) groups excluding carboxylic acids is 1. The fourth-order valence-electron chi connectivity index (χ4n) is 1.08. The van der Waals surface area contributed by atoms with Crippen LogP contribution in [-0.2, 0) is 9.53 Å². The third-order valence-corrected chi connectivity index (χ3v) is 3.02. The minimum absolute atomic E-state index is 0.0549. The maximum atomic E-state index is 11.9. The molecule has 0 unspecified atom stereocenters. The van der Waals surface area contributed by atoms with Gasteiger partial charge in [-0.25, -0.2) is 4.98 Å². The van der Waals surface area contributed by atoms with E-state index in [1.54, 1.807) is 14.0 Å². The van der Waals surface area contributed by atoms with E-state index in [9.17, 15) is 4.79 Å². The number of hydrogen-bond donors (Lipinski definition) is 1. The zero-order chi connectivity index (χ0) is 12.2. The van der Waals surface area contributed by atoms with Gasteiger partial charge in [-0.3, -0.25) is 4.79 Å². The monoisotopic (exact) mass is 243 g/mol. The van der Waals surface area contributed by atoms with Crippen LogP contribution >= 0.6 is 11.5 Å². The number of carbonyl (C=O) groups is 1. The summed E-state index contributed by atoms with van der Waals surface area (Å²) in [5.74, 6) is 0.621. The Hall–Kier alpha value is -1.01. The first-order valence-corrected chi connectivity index (χ1v) is 5.84. The number of aryl methyl sites for hydroxylation is 1. The third-order valence-electron chi connectivity index (χ3n) is 2.29. The normalized spacial score (nSPS) is 11.5. The van der Waals surface area contributed by atoms with Crippen LogP contribution in [0.25, 0.3) is 0 Å². The molecule has 0 aliphatic carbocycles. The number of methoxy groups -OCH3 is 1. The SMILES string of the molecule is COCCC(C)(C)C(=O)Nc1nc(C)ns1. The Bertz CT molecular complexity index is 363. The van der Waals surface area contributed by atoms with E-state index < -0.39 is 5.41 Å². The molecule has 0 aliphatic heterocycles. The molecule has 0 saturated heterocycles. The lowest BCUT2D eigenvalue weighted by Crippen LogP contribution is -2.31. The molecule has 0 atom stereocenters. The highest BCUT2D eigenvalue weighted by molar-refractivity contribution is 7.09. The van der Waals surface area contributed by atoms with Crippen LogP contribution < -0.4 is 5.32 Å². The summed E-state index contributed by atoms with van der Waals surface area (Å²) in [6, 6.07) is 0. The topological polar surface area (TPSA) is 64.1 Å². The first-order valence-electron chi connectivity index (χ1n) is 5.06. The fraction of sp³-hybridized carbons (Fsp3) is 0.700. The van der Waals surface area contributed by atoms with Gasteiger partial charge in [0, 0.05) is 30.7 Å². The molecule has 1 amide bonds. The molecule has 1 rings (SSSR count). The first kappa shape index (κ1) is 13.1. The van der Waals surface area contributed by atoms with Crippen LogP contribution in [0.5, 0.6) is 0 Å². The number of nitrogens with one attached hydrogen (secondary N) is 1. The molecule has 0 bridgehead atoms. The number of hydrogen-bond acceptors (Lipinski definition) is 5. The molecule has 0 spiro atoms. The highest BCUT2D eigenvalue weighted by Crippen LogP contribution is 2.23. The number of nitrogens with zero attached hydrogens (tertiary/aromatic N) is 2. The Kier molecular flexibility index (Phi) is 4.37. The predicted molar refractivity (Wildman–Crippen MR) is 63.5 cm³/mol. The Balaban J connectivity index is 2.57. The Morgan fingerprint density at radius 2 is 2.25 bits per heavy atom. The lowest BCUT2D eigenvalue weighted by molar-refractivity contribution is -0.124. The van der Waals surface area contributed by atoms with E-state index in [1.807, 2.05) is 13.8 Å². The molecule has 1 aromatic rings. The standard InChI is InChI=1S/C10H17N3O2S/c1-7-11-9(16-13-7)12-8(14)10(2,3)5-6-15-4/h5-6H2,1-4H3,(H,11,12,13,14). The van der Waals surface area contributed by atoms with Gasteiger partial charge in [0.1, 0.15) is 5.82 Å². The lowest BCUT2D eigenvalue weighted by atomic mass is 9.89. The van der Waals surface area contributed by atoms with Crippen molar-refractivity contribution in [3.8, 4) is 0 Å². The van der Waals surface area contributed by atoms with Crippen molar-refractivity contribution in [2.45, 2.75) is 27.2 Å². The minimum atomic E-state index is -0.463. The van der Waals surface area contributed by atoms with Crippen LogP contribution in [0, 0.1) is 12.3 Å². The Labute approximate surface area is 99.4 Å². The van der Waals surface area contributed by atoms with Gasteiger partial charge in [-0.05, 0) is 13.3 Å². The van der Waals surface area contributed by atoms with E-state index in [4.69, 9.17) is 4.74 Å². The van der Waals surface area contributed by atoms with Gasteiger partial charge in [0.25, 0.3) is 0 Å². The van der Waals surface area contributed by atoms with Gasteiger partial charge in [-0.2, -0.15) is 4.37 Å². The Morgan fingerprint density at radius 3 is 2.75 bits per heavy atom. The third kappa shape index (κ3) is 3.53. The maximum absolute atomic E-state index is 11.9. The van der Waals surface area contributed by atoms with E-state index in [1.165, 1.54) is 11.5 Å². The number of amides is 1. The summed E-state index contributed by atoms with van der Waals surface area (Å²) in [7, 11) is 1.63. The van der Waals surface area contributed by atoms with Gasteiger partial charge in [-0.15, -0.1) is 0 Å². The summed E-state index contributed by atoms with van der Waals surface area (Å²) in [5, 5.41) is 3.31. The van der Waals surface area contributed by atoms with E-state index in [0.29, 0.717) is 24.0 Å². The van der Waals surface area contributed by atoms with Crippen molar-refractivity contribution < 1.29 is 9.53 Å². The molecule has 6 heteroatoms. The van der Waals surface area contributed by atoms with Crippen LogP contribution in [0.2, 0.25) is 0 Å². The second-order valence-corrected chi connectivity index (χ2v) is 4.98. The Morgan fingerprint density at radius 1 is 1.56 bits per heavy atom. The highest BCUT2D eigenvalue weighted by atomic mass is 32.1. The summed E-state index contributed by atoms with van der Waals surface area (Å²) < 4.78 is 8.98. The predicted octanol–water partition coefficient (Wildman–Crippen LogP) is 1.85. The molecule has 0 aliphatic rings. The minimum Gasteiger partial charge on any atom is -0.385 e. The van der Waals surface area contributed by atoms with Crippen molar-refractivity contribution in [3.05, 3.63) is 5.82 Å². The second-order valence-electron chi connectivity index (χ2n) is 4.23. The molecule has 5 nitrogen and oxygen atoms in total. The van der Waals surface area contributed by atoms with Crippen LogP contribution in [0.4, 0.5) is 5.13 Å². The van der Waals surface area contributed by atoms with Crippen LogP contribution in [0.15, 0.2) is 0 Å². The average molecular weight is 243 g/mol. The zero-order valence-electron chi connectivity index (χ0n) is 10.0. The summed E-state index contributed by atoms with van der Waals surface area (Å²) in [6.07, 6.45) is 0.674. The number of ether oxygens (including phenoxy) is 1. The largest absolute Gasteiger partial charge is 0.385 e. The molecule has 1 aromatic heterocycles. The fourth-order valence-corrected chi connectivity index (χ4v) is 1.66. The van der Waals surface area contributed by atoms with Crippen molar-refractivity contribution in [1.82, 2.24) is 9.36 Å². The van der Waals surface area contributed by atoms with Gasteiger partial charge in [0.15, 0.2) is 0 Å². The summed E-state index contributed by atoms with van der Waals surface area (Å²) in [4.78, 5) is 16.0. The van der Waals surface area contributed by atoms with Crippen molar-refractivity contribution in [3.63, 3.8) is 0 Å². The number of anilines is 1. The van der Waals surface area contributed by atoms with Crippen LogP contribution in [0.1, 0.15) is 26.1 Å². The van der Waals surface area contributed by atoms with Gasteiger partial charge >= 0.3 is 0 Å². The molecule has 0 fully saturated rings. The van der Waals surface area contributed by atoms with Crippen LogP contribution in [-0.4, -0.2) is 29.0 Å². The zero-order valence-corrected chi connectivity index (χ0v) is 10.8. The number of aromatic nitrogens is 2. The van der Waals surface area contributed by atoms with Crippen molar-refractivity contribution >= 4 is 22.6 Å². The maximum Gasteiger partial charge on any atom is 0.231 e. The summed E-state index contributed by atoms with van der Waals surface area (Å²) in [5.41, 5.74) is -0.463. The van der Waals surface area contributed by atoms with Crippen LogP contribution in [0.3, 0.4) is 0 Å². The molecule has 0 radical (unpaired) electrons. The average Bonchev–Trinajstić information content (AvgIpc) is 2.61. The summed E-state index contributed by atoms with van der Waals surface area (Å²) in [6.45, 7) is 6.13. The highest BCUT2D eigenvalue weighted by Gasteiger charge is 2.27. The summed E-state index contributed by atoms with van der Waals surface area (Å²) >= 11 is 1.19. The molecular formula is C10H17N3O2S. The lowest BCUT2D eigenvalue weighted by Gasteiger charge is -2.22. The smallest absolute Gasteiger partial charge is 0.231 e.